The quantitative estimate of drug-likeness (QED) is 0.884. The van der Waals surface area contributed by atoms with Crippen molar-refractivity contribution in [1.29, 1.82) is 0 Å². The maximum absolute atomic E-state index is 12.4. The Hall–Kier alpha value is -2.47. The molecule has 0 aliphatic carbocycles. The number of aryl methyl sites for hydroxylation is 1. The van der Waals surface area contributed by atoms with Crippen molar-refractivity contribution in [1.82, 2.24) is 5.32 Å². The number of fused-ring (bicyclic) bond motifs is 1. The lowest BCUT2D eigenvalue weighted by Crippen LogP contribution is -2.27. The van der Waals surface area contributed by atoms with Crippen LogP contribution in [0.15, 0.2) is 47.4 Å². The number of rotatable bonds is 4. The van der Waals surface area contributed by atoms with Gasteiger partial charge in [0, 0.05) is 39.6 Å². The van der Waals surface area contributed by atoms with Crippen molar-refractivity contribution in [3.05, 3.63) is 59.2 Å². The van der Waals surface area contributed by atoms with Crippen LogP contribution in [0.25, 0.3) is 0 Å². The summed E-state index contributed by atoms with van der Waals surface area (Å²) >= 11 is 0. The Morgan fingerprint density at radius 2 is 1.88 bits per heavy atom. The van der Waals surface area contributed by atoms with Crippen LogP contribution in [0, 0.1) is 0 Å². The van der Waals surface area contributed by atoms with E-state index in [2.05, 4.69) is 10.6 Å². The number of benzene rings is 2. The molecular weight excluding hydrogens is 336 g/mol. The molecule has 2 N–H and O–H groups in total. The first-order chi connectivity index (χ1) is 11.9. The third-order valence-corrected chi connectivity index (χ3v) is 5.26. The molecule has 2 aromatic carbocycles. The van der Waals surface area contributed by atoms with Crippen LogP contribution in [-0.4, -0.2) is 22.3 Å². The van der Waals surface area contributed by atoms with E-state index in [4.69, 9.17) is 0 Å². The van der Waals surface area contributed by atoms with Crippen LogP contribution in [-0.2, 0) is 22.0 Å². The molecule has 2 atom stereocenters. The molecule has 2 amide bonds. The van der Waals surface area contributed by atoms with Gasteiger partial charge in [0.2, 0.25) is 5.91 Å². The molecule has 1 aliphatic heterocycles. The van der Waals surface area contributed by atoms with E-state index in [1.54, 1.807) is 30.5 Å². The molecule has 3 rings (SSSR count). The fourth-order valence-corrected chi connectivity index (χ4v) is 3.35. The van der Waals surface area contributed by atoms with Gasteiger partial charge >= 0.3 is 0 Å². The first kappa shape index (κ1) is 17.4. The van der Waals surface area contributed by atoms with E-state index < -0.39 is 10.8 Å². The maximum Gasteiger partial charge on any atom is 0.251 e. The minimum absolute atomic E-state index is 0.0399. The molecule has 0 unspecified atom stereocenters. The summed E-state index contributed by atoms with van der Waals surface area (Å²) in [5.74, 6) is -0.134. The van der Waals surface area contributed by atoms with Crippen LogP contribution in [0.5, 0.6) is 0 Å². The molecule has 0 radical (unpaired) electrons. The zero-order valence-corrected chi connectivity index (χ0v) is 15.0. The van der Waals surface area contributed by atoms with Gasteiger partial charge in [0.05, 0.1) is 6.04 Å². The van der Waals surface area contributed by atoms with Crippen LogP contribution < -0.4 is 10.6 Å². The van der Waals surface area contributed by atoms with Gasteiger partial charge in [0.15, 0.2) is 0 Å². The van der Waals surface area contributed by atoms with Crippen molar-refractivity contribution in [2.45, 2.75) is 30.7 Å². The molecular formula is C19H20N2O3S. The molecule has 5 nitrogen and oxygen atoms in total. The first-order valence-electron chi connectivity index (χ1n) is 8.11. The second kappa shape index (κ2) is 7.19. The Morgan fingerprint density at radius 3 is 2.56 bits per heavy atom. The Kier molecular flexibility index (Phi) is 4.99. The van der Waals surface area contributed by atoms with Gasteiger partial charge in [-0.25, -0.2) is 0 Å². The van der Waals surface area contributed by atoms with Crippen LogP contribution in [0.2, 0.25) is 0 Å². The second-order valence-corrected chi connectivity index (χ2v) is 7.52. The van der Waals surface area contributed by atoms with E-state index >= 15 is 0 Å². The number of hydrogen-bond donors (Lipinski definition) is 2. The Labute approximate surface area is 149 Å². The topological polar surface area (TPSA) is 75.3 Å². The minimum atomic E-state index is -1.06. The summed E-state index contributed by atoms with van der Waals surface area (Å²) in [5.41, 5.74) is 3.47. The number of carbonyl (C=O) groups excluding carboxylic acids is 2. The smallest absolute Gasteiger partial charge is 0.251 e. The van der Waals surface area contributed by atoms with Crippen molar-refractivity contribution in [3.63, 3.8) is 0 Å². The normalized spacial score (nSPS) is 15.7. The molecule has 1 aliphatic rings. The van der Waals surface area contributed by atoms with Crippen LogP contribution in [0.4, 0.5) is 5.69 Å². The summed E-state index contributed by atoms with van der Waals surface area (Å²) in [6, 6.07) is 12.4. The van der Waals surface area contributed by atoms with Crippen LogP contribution in [0.1, 0.15) is 40.9 Å². The van der Waals surface area contributed by atoms with Crippen molar-refractivity contribution >= 4 is 28.3 Å². The zero-order chi connectivity index (χ0) is 18.0. The lowest BCUT2D eigenvalue weighted by atomic mass is 9.97. The highest BCUT2D eigenvalue weighted by molar-refractivity contribution is 7.84. The minimum Gasteiger partial charge on any atom is -0.346 e. The number of carbonyl (C=O) groups is 2. The molecule has 25 heavy (non-hydrogen) atoms. The summed E-state index contributed by atoms with van der Waals surface area (Å²) in [7, 11) is -1.06. The fourth-order valence-electron chi connectivity index (χ4n) is 2.83. The average molecular weight is 356 g/mol. The summed E-state index contributed by atoms with van der Waals surface area (Å²) in [6.45, 7) is 1.93. The Morgan fingerprint density at radius 1 is 1.16 bits per heavy atom. The highest BCUT2D eigenvalue weighted by Gasteiger charge is 2.17. The number of hydrogen-bond acceptors (Lipinski definition) is 3. The summed E-state index contributed by atoms with van der Waals surface area (Å²) in [5, 5.41) is 5.83. The SMILES string of the molecule is C[C@H](NC(=O)c1ccc([S@@](C)=O)cc1)c1ccc2c(c1)CCC(=O)N2. The molecule has 0 saturated carbocycles. The van der Waals surface area contributed by atoms with Gasteiger partial charge in [-0.1, -0.05) is 12.1 Å². The number of anilines is 1. The van der Waals surface area contributed by atoms with Gasteiger partial charge in [-0.3, -0.25) is 13.8 Å². The molecule has 0 saturated heterocycles. The highest BCUT2D eigenvalue weighted by atomic mass is 32.2. The number of amides is 2. The molecule has 6 heteroatoms. The van der Waals surface area contributed by atoms with E-state index in [0.717, 1.165) is 16.8 Å². The molecule has 130 valence electrons. The summed E-state index contributed by atoms with van der Waals surface area (Å²) in [6.07, 6.45) is 2.81. The van der Waals surface area contributed by atoms with Crippen molar-refractivity contribution < 1.29 is 13.8 Å². The standard InChI is InChI=1S/C19H20N2O3S/c1-12(14-5-9-17-15(11-14)6-10-18(22)21-17)20-19(23)13-3-7-16(8-4-13)25(2)24/h3-5,7-9,11-12H,6,10H2,1-2H3,(H,20,23)(H,21,22)/t12-,25+/m0/s1. The van der Waals surface area contributed by atoms with E-state index in [0.29, 0.717) is 23.3 Å². The molecule has 0 fully saturated rings. The molecule has 0 aromatic heterocycles. The third-order valence-electron chi connectivity index (χ3n) is 4.32. The highest BCUT2D eigenvalue weighted by Crippen LogP contribution is 2.26. The molecule has 0 bridgehead atoms. The van der Waals surface area contributed by atoms with Gasteiger partial charge < -0.3 is 10.6 Å². The predicted molar refractivity (Wildman–Crippen MR) is 98.0 cm³/mol. The average Bonchev–Trinajstić information content (AvgIpc) is 2.61. The van der Waals surface area contributed by atoms with Crippen molar-refractivity contribution in [3.8, 4) is 0 Å². The summed E-state index contributed by atoms with van der Waals surface area (Å²) in [4.78, 5) is 24.5. The fraction of sp³-hybridized carbons (Fsp3) is 0.263. The summed E-state index contributed by atoms with van der Waals surface area (Å²) < 4.78 is 11.4. The van der Waals surface area contributed by atoms with Crippen molar-refractivity contribution in [2.75, 3.05) is 11.6 Å². The van der Waals surface area contributed by atoms with Crippen molar-refractivity contribution in [2.24, 2.45) is 0 Å². The third kappa shape index (κ3) is 3.96. The van der Waals surface area contributed by atoms with Crippen LogP contribution >= 0.6 is 0 Å². The first-order valence-corrected chi connectivity index (χ1v) is 9.67. The molecule has 0 spiro atoms. The second-order valence-electron chi connectivity index (χ2n) is 6.14. The number of nitrogens with one attached hydrogen (secondary N) is 2. The van der Waals surface area contributed by atoms with Gasteiger partial charge in [-0.15, -0.1) is 0 Å². The Balaban J connectivity index is 1.71. The van der Waals surface area contributed by atoms with Gasteiger partial charge in [-0.05, 0) is 54.8 Å². The molecule has 1 heterocycles. The van der Waals surface area contributed by atoms with E-state index in [-0.39, 0.29) is 17.9 Å². The lowest BCUT2D eigenvalue weighted by Gasteiger charge is -2.20. The molecule has 2 aromatic rings. The predicted octanol–water partition coefficient (Wildman–Crippen LogP) is 2.80. The van der Waals surface area contributed by atoms with Gasteiger partial charge in [-0.2, -0.15) is 0 Å². The van der Waals surface area contributed by atoms with E-state index in [9.17, 15) is 13.8 Å². The van der Waals surface area contributed by atoms with Gasteiger partial charge in [0.1, 0.15) is 0 Å². The van der Waals surface area contributed by atoms with E-state index in [1.165, 1.54) is 0 Å². The van der Waals surface area contributed by atoms with Crippen LogP contribution in [0.3, 0.4) is 0 Å². The van der Waals surface area contributed by atoms with Gasteiger partial charge in [0.25, 0.3) is 5.91 Å². The van der Waals surface area contributed by atoms with E-state index in [1.807, 2.05) is 25.1 Å². The lowest BCUT2D eigenvalue weighted by molar-refractivity contribution is -0.116. The zero-order valence-electron chi connectivity index (χ0n) is 14.2. The largest absolute Gasteiger partial charge is 0.346 e. The Bertz CT molecular complexity index is 846. The monoisotopic (exact) mass is 356 g/mol. The maximum atomic E-state index is 12.4.